The van der Waals surface area contributed by atoms with Crippen LogP contribution in [0.2, 0.25) is 0 Å². The number of imidazole rings is 1. The molecule has 2 aromatic rings. The highest BCUT2D eigenvalue weighted by molar-refractivity contribution is 5.85. The summed E-state index contributed by atoms with van der Waals surface area (Å²) in [5, 5.41) is 8.90. The average molecular weight is 244 g/mol. The summed E-state index contributed by atoms with van der Waals surface area (Å²) < 4.78 is 1.75. The van der Waals surface area contributed by atoms with Crippen LogP contribution >= 0.6 is 0 Å². The molecule has 0 atom stereocenters. The fourth-order valence-corrected chi connectivity index (χ4v) is 1.90. The van der Waals surface area contributed by atoms with Crippen molar-refractivity contribution < 1.29 is 9.90 Å². The molecule has 18 heavy (non-hydrogen) atoms. The van der Waals surface area contributed by atoms with Crippen LogP contribution in [0.4, 0.5) is 0 Å². The number of aromatic nitrogens is 2. The van der Waals surface area contributed by atoms with Crippen molar-refractivity contribution in [2.45, 2.75) is 26.2 Å². The van der Waals surface area contributed by atoms with Gasteiger partial charge in [-0.05, 0) is 17.0 Å². The van der Waals surface area contributed by atoms with Crippen LogP contribution in [0.3, 0.4) is 0 Å². The summed E-state index contributed by atoms with van der Waals surface area (Å²) >= 11 is 0. The number of hydrogen-bond acceptors (Lipinski definition) is 2. The number of carboxylic acid groups (broad SMARTS) is 1. The number of nitrogens with zero attached hydrogens (tertiary/aromatic N) is 2. The molecule has 4 nitrogen and oxygen atoms in total. The largest absolute Gasteiger partial charge is 0.476 e. The van der Waals surface area contributed by atoms with E-state index in [1.165, 1.54) is 12.5 Å². The second kappa shape index (κ2) is 4.29. The van der Waals surface area contributed by atoms with Gasteiger partial charge in [0.15, 0.2) is 5.69 Å². The van der Waals surface area contributed by atoms with Crippen LogP contribution in [-0.4, -0.2) is 20.6 Å². The lowest BCUT2D eigenvalue weighted by atomic mass is 9.86. The fraction of sp³-hybridized carbons (Fsp3) is 0.286. The maximum Gasteiger partial charge on any atom is 0.356 e. The molecule has 1 aromatic heterocycles. The van der Waals surface area contributed by atoms with Crippen LogP contribution in [0, 0.1) is 0 Å². The number of carboxylic acids is 1. The van der Waals surface area contributed by atoms with Gasteiger partial charge in [0.25, 0.3) is 0 Å². The molecule has 0 fully saturated rings. The van der Waals surface area contributed by atoms with Crippen LogP contribution in [0.1, 0.15) is 36.8 Å². The lowest BCUT2D eigenvalue weighted by Gasteiger charge is -2.22. The SMILES string of the molecule is CC(C)(C)c1ccccc1-n1cnc(C(=O)O)c1. The third-order valence-electron chi connectivity index (χ3n) is 2.79. The van der Waals surface area contributed by atoms with Crippen LogP contribution in [0.15, 0.2) is 36.8 Å². The topological polar surface area (TPSA) is 55.1 Å². The van der Waals surface area contributed by atoms with Crippen molar-refractivity contribution >= 4 is 5.97 Å². The average Bonchev–Trinajstić information content (AvgIpc) is 2.77. The van der Waals surface area contributed by atoms with E-state index in [1.54, 1.807) is 4.57 Å². The first-order chi connectivity index (χ1) is 8.39. The Bertz CT molecular complexity index is 579. The number of rotatable bonds is 2. The van der Waals surface area contributed by atoms with Crippen molar-refractivity contribution in [3.8, 4) is 5.69 Å². The summed E-state index contributed by atoms with van der Waals surface area (Å²) in [5.74, 6) is -1.01. The molecule has 0 saturated heterocycles. The van der Waals surface area contributed by atoms with Gasteiger partial charge >= 0.3 is 5.97 Å². The van der Waals surface area contributed by atoms with Crippen LogP contribution in [-0.2, 0) is 5.41 Å². The van der Waals surface area contributed by atoms with Gasteiger partial charge in [0, 0.05) is 6.20 Å². The van der Waals surface area contributed by atoms with Crippen molar-refractivity contribution in [3.63, 3.8) is 0 Å². The molecule has 1 aromatic carbocycles. The Morgan fingerprint density at radius 1 is 1.28 bits per heavy atom. The molecule has 1 heterocycles. The van der Waals surface area contributed by atoms with Gasteiger partial charge in [-0.2, -0.15) is 0 Å². The zero-order valence-electron chi connectivity index (χ0n) is 10.7. The lowest BCUT2D eigenvalue weighted by molar-refractivity contribution is 0.0691. The van der Waals surface area contributed by atoms with Crippen molar-refractivity contribution in [2.24, 2.45) is 0 Å². The summed E-state index contributed by atoms with van der Waals surface area (Å²) in [6.07, 6.45) is 3.07. The van der Waals surface area contributed by atoms with Crippen molar-refractivity contribution in [3.05, 3.63) is 48.0 Å². The van der Waals surface area contributed by atoms with E-state index in [-0.39, 0.29) is 11.1 Å². The van der Waals surface area contributed by atoms with Crippen LogP contribution in [0.5, 0.6) is 0 Å². The Morgan fingerprint density at radius 2 is 1.94 bits per heavy atom. The van der Waals surface area contributed by atoms with Gasteiger partial charge in [0.1, 0.15) is 6.33 Å². The smallest absolute Gasteiger partial charge is 0.356 e. The highest BCUT2D eigenvalue weighted by atomic mass is 16.4. The van der Waals surface area contributed by atoms with Crippen molar-refractivity contribution in [1.82, 2.24) is 9.55 Å². The van der Waals surface area contributed by atoms with E-state index in [9.17, 15) is 4.79 Å². The molecule has 0 saturated carbocycles. The standard InChI is InChI=1S/C14H16N2O2/c1-14(2,3)10-6-4-5-7-12(10)16-8-11(13(17)18)15-9-16/h4-9H,1-3H3,(H,17,18). The third kappa shape index (κ3) is 2.27. The summed E-state index contributed by atoms with van der Waals surface area (Å²) in [6.45, 7) is 6.38. The zero-order chi connectivity index (χ0) is 13.3. The summed E-state index contributed by atoms with van der Waals surface area (Å²) in [6, 6.07) is 7.94. The van der Waals surface area contributed by atoms with Gasteiger partial charge in [-0.15, -0.1) is 0 Å². The Balaban J connectivity index is 2.53. The molecular formula is C14H16N2O2. The van der Waals surface area contributed by atoms with E-state index < -0.39 is 5.97 Å². The number of carbonyl (C=O) groups is 1. The fourth-order valence-electron chi connectivity index (χ4n) is 1.90. The Morgan fingerprint density at radius 3 is 2.50 bits per heavy atom. The minimum Gasteiger partial charge on any atom is -0.476 e. The maximum atomic E-state index is 10.9. The van der Waals surface area contributed by atoms with Gasteiger partial charge in [-0.3, -0.25) is 0 Å². The molecular weight excluding hydrogens is 228 g/mol. The Hall–Kier alpha value is -2.10. The summed E-state index contributed by atoms with van der Waals surface area (Å²) in [7, 11) is 0. The summed E-state index contributed by atoms with van der Waals surface area (Å²) in [4.78, 5) is 14.7. The number of hydrogen-bond donors (Lipinski definition) is 1. The minimum atomic E-state index is -1.01. The van der Waals surface area contributed by atoms with Crippen LogP contribution < -0.4 is 0 Å². The molecule has 4 heteroatoms. The van der Waals surface area contributed by atoms with Crippen LogP contribution in [0.25, 0.3) is 5.69 Å². The number of benzene rings is 1. The first kappa shape index (κ1) is 12.4. The molecule has 0 aliphatic carbocycles. The third-order valence-corrected chi connectivity index (χ3v) is 2.79. The summed E-state index contributed by atoms with van der Waals surface area (Å²) in [5.41, 5.74) is 2.16. The first-order valence-corrected chi connectivity index (χ1v) is 5.77. The quantitative estimate of drug-likeness (QED) is 0.883. The second-order valence-corrected chi connectivity index (χ2v) is 5.24. The molecule has 1 N–H and O–H groups in total. The van der Waals surface area contributed by atoms with Crippen molar-refractivity contribution in [2.75, 3.05) is 0 Å². The highest BCUT2D eigenvalue weighted by Gasteiger charge is 2.19. The predicted molar refractivity (Wildman–Crippen MR) is 69.2 cm³/mol. The molecule has 0 radical (unpaired) electrons. The minimum absolute atomic E-state index is 0.00967. The van der Waals surface area contributed by atoms with Gasteiger partial charge < -0.3 is 9.67 Å². The molecule has 0 unspecified atom stereocenters. The van der Waals surface area contributed by atoms with E-state index in [4.69, 9.17) is 5.11 Å². The second-order valence-electron chi connectivity index (χ2n) is 5.24. The Labute approximate surface area is 106 Å². The van der Waals surface area contributed by atoms with E-state index in [0.717, 1.165) is 11.3 Å². The lowest BCUT2D eigenvalue weighted by Crippen LogP contribution is -2.14. The van der Waals surface area contributed by atoms with Gasteiger partial charge in [-0.1, -0.05) is 39.0 Å². The molecule has 0 bridgehead atoms. The molecule has 0 amide bonds. The van der Waals surface area contributed by atoms with E-state index in [1.807, 2.05) is 18.2 Å². The zero-order valence-corrected chi connectivity index (χ0v) is 10.7. The van der Waals surface area contributed by atoms with Gasteiger partial charge in [0.2, 0.25) is 0 Å². The highest BCUT2D eigenvalue weighted by Crippen LogP contribution is 2.28. The molecule has 0 aliphatic rings. The monoisotopic (exact) mass is 244 g/mol. The normalized spacial score (nSPS) is 11.5. The molecule has 0 aliphatic heterocycles. The number of aromatic carboxylic acids is 1. The molecule has 0 spiro atoms. The predicted octanol–water partition coefficient (Wildman–Crippen LogP) is 2.87. The number of para-hydroxylation sites is 1. The first-order valence-electron chi connectivity index (χ1n) is 5.77. The molecule has 2 rings (SSSR count). The van der Waals surface area contributed by atoms with E-state index in [2.05, 4.69) is 31.8 Å². The van der Waals surface area contributed by atoms with Gasteiger partial charge in [0.05, 0.1) is 5.69 Å². The van der Waals surface area contributed by atoms with E-state index in [0.29, 0.717) is 0 Å². The Kier molecular flexibility index (Phi) is 2.95. The van der Waals surface area contributed by atoms with E-state index >= 15 is 0 Å². The van der Waals surface area contributed by atoms with Crippen molar-refractivity contribution in [1.29, 1.82) is 0 Å². The molecule has 94 valence electrons. The maximum absolute atomic E-state index is 10.9. The van der Waals surface area contributed by atoms with Gasteiger partial charge in [-0.25, -0.2) is 9.78 Å².